The molecule has 1 aromatic rings. The highest BCUT2D eigenvalue weighted by Gasteiger charge is 2.39. The zero-order chi connectivity index (χ0) is 18.8. The van der Waals surface area contributed by atoms with Gasteiger partial charge in [0.05, 0.1) is 12.5 Å². The third-order valence-electron chi connectivity index (χ3n) is 5.01. The molecule has 0 bridgehead atoms. The van der Waals surface area contributed by atoms with Crippen LogP contribution in [0, 0.1) is 0 Å². The number of rotatable bonds is 4. The Hall–Kier alpha value is -2.08. The highest BCUT2D eigenvalue weighted by atomic mass is 16.5. The number of hydrogen-bond acceptors (Lipinski definition) is 4. The van der Waals surface area contributed by atoms with Crippen molar-refractivity contribution in [2.75, 3.05) is 47.9 Å². The van der Waals surface area contributed by atoms with Crippen molar-refractivity contribution in [2.45, 2.75) is 25.3 Å². The summed E-state index contributed by atoms with van der Waals surface area (Å²) in [5, 5.41) is 0. The Bertz CT molecular complexity index is 625. The lowest BCUT2D eigenvalue weighted by Crippen LogP contribution is -2.60. The van der Waals surface area contributed by atoms with Gasteiger partial charge in [0.2, 0.25) is 11.8 Å². The van der Waals surface area contributed by atoms with E-state index in [4.69, 9.17) is 4.74 Å². The molecule has 0 radical (unpaired) electrons. The highest BCUT2D eigenvalue weighted by molar-refractivity contribution is 5.89. The summed E-state index contributed by atoms with van der Waals surface area (Å²) in [4.78, 5) is 31.0. The molecule has 0 saturated carbocycles. The first-order valence-electron chi connectivity index (χ1n) is 8.53. The summed E-state index contributed by atoms with van der Waals surface area (Å²) < 4.78 is 5.19. The van der Waals surface area contributed by atoms with Crippen LogP contribution >= 0.6 is 0 Å². The quantitative estimate of drug-likeness (QED) is 0.821. The van der Waals surface area contributed by atoms with Crippen LogP contribution in [0.5, 0.6) is 5.75 Å². The Kier molecular flexibility index (Phi) is 5.72. The minimum absolute atomic E-state index is 0.0299. The largest absolute Gasteiger partial charge is 0.497 e. The maximum atomic E-state index is 13.2. The van der Waals surface area contributed by atoms with Crippen molar-refractivity contribution in [3.63, 3.8) is 0 Å². The first kappa shape index (κ1) is 19.2. The Balaban J connectivity index is 2.18. The number of hydrogen-bond donors (Lipinski definition) is 0. The molecule has 2 amide bonds. The van der Waals surface area contributed by atoms with Gasteiger partial charge in [0.25, 0.3) is 0 Å². The topological polar surface area (TPSA) is 53.1 Å². The van der Waals surface area contributed by atoms with E-state index in [9.17, 15) is 9.59 Å². The average molecular weight is 347 g/mol. The van der Waals surface area contributed by atoms with Gasteiger partial charge in [0.1, 0.15) is 11.8 Å². The normalized spacial score (nSPS) is 18.8. The second kappa shape index (κ2) is 7.44. The standard InChI is InChI=1S/C19H29N3O3/c1-19(2,14-7-9-15(25-6)10-8-14)18(24)22-12-11-21(5)16(13-22)17(23)20(3)4/h7-10,16H,11-13H2,1-6H3. The van der Waals surface area contributed by atoms with E-state index >= 15 is 0 Å². The molecule has 0 aromatic heterocycles. The minimum Gasteiger partial charge on any atom is -0.497 e. The second-order valence-corrected chi connectivity index (χ2v) is 7.33. The first-order chi connectivity index (χ1) is 11.7. The number of carbonyl (C=O) groups excluding carboxylic acids is 2. The summed E-state index contributed by atoms with van der Waals surface area (Å²) in [6.45, 7) is 5.60. The molecule has 25 heavy (non-hydrogen) atoms. The molecule has 1 unspecified atom stereocenters. The number of piperazine rings is 1. The Labute approximate surface area is 150 Å². The Morgan fingerprint density at radius 3 is 2.28 bits per heavy atom. The van der Waals surface area contributed by atoms with Gasteiger partial charge >= 0.3 is 0 Å². The van der Waals surface area contributed by atoms with E-state index in [0.717, 1.165) is 11.3 Å². The minimum atomic E-state index is -0.659. The predicted molar refractivity (Wildman–Crippen MR) is 97.7 cm³/mol. The molecule has 1 heterocycles. The van der Waals surface area contributed by atoms with Gasteiger partial charge in [-0.25, -0.2) is 0 Å². The lowest BCUT2D eigenvalue weighted by molar-refractivity contribution is -0.144. The van der Waals surface area contributed by atoms with Gasteiger partial charge in [-0.2, -0.15) is 0 Å². The van der Waals surface area contributed by atoms with E-state index < -0.39 is 5.41 Å². The Morgan fingerprint density at radius 2 is 1.76 bits per heavy atom. The SMILES string of the molecule is COc1ccc(C(C)(C)C(=O)N2CCN(C)C(C(=O)N(C)C)C2)cc1. The molecule has 138 valence electrons. The molecule has 1 aromatic carbocycles. The zero-order valence-corrected chi connectivity index (χ0v) is 16.1. The van der Waals surface area contributed by atoms with Crippen LogP contribution in [-0.2, 0) is 15.0 Å². The van der Waals surface area contributed by atoms with E-state index in [0.29, 0.717) is 19.6 Å². The van der Waals surface area contributed by atoms with E-state index in [2.05, 4.69) is 0 Å². The van der Waals surface area contributed by atoms with Crippen LogP contribution in [0.4, 0.5) is 0 Å². The molecule has 1 aliphatic heterocycles. The molecule has 0 N–H and O–H groups in total. The van der Waals surface area contributed by atoms with Gasteiger partial charge in [0, 0.05) is 33.7 Å². The number of likely N-dealkylation sites (N-methyl/N-ethyl adjacent to an activating group) is 2. The van der Waals surface area contributed by atoms with Crippen molar-refractivity contribution in [1.82, 2.24) is 14.7 Å². The summed E-state index contributed by atoms with van der Waals surface area (Å²) in [5.74, 6) is 0.841. The van der Waals surface area contributed by atoms with Crippen molar-refractivity contribution < 1.29 is 14.3 Å². The number of methoxy groups -OCH3 is 1. The number of amides is 2. The fraction of sp³-hybridized carbons (Fsp3) is 0.579. The van der Waals surface area contributed by atoms with Crippen LogP contribution in [-0.4, -0.2) is 80.4 Å². The van der Waals surface area contributed by atoms with E-state index in [1.165, 1.54) is 0 Å². The molecule has 0 spiro atoms. The average Bonchev–Trinajstić information content (AvgIpc) is 2.60. The van der Waals surface area contributed by atoms with Gasteiger partial charge in [-0.3, -0.25) is 14.5 Å². The van der Waals surface area contributed by atoms with Gasteiger partial charge in [-0.15, -0.1) is 0 Å². The third-order valence-corrected chi connectivity index (χ3v) is 5.01. The summed E-state index contributed by atoms with van der Waals surface area (Å²) in [7, 11) is 7.05. The second-order valence-electron chi connectivity index (χ2n) is 7.33. The van der Waals surface area contributed by atoms with E-state index in [1.54, 1.807) is 26.1 Å². The molecule has 2 rings (SSSR count). The predicted octanol–water partition coefficient (Wildman–Crippen LogP) is 1.20. The molecule has 1 fully saturated rings. The maximum Gasteiger partial charge on any atom is 0.241 e. The van der Waals surface area contributed by atoms with Crippen LogP contribution in [0.15, 0.2) is 24.3 Å². The van der Waals surface area contributed by atoms with Gasteiger partial charge in [-0.1, -0.05) is 12.1 Å². The maximum absolute atomic E-state index is 13.2. The smallest absolute Gasteiger partial charge is 0.241 e. The monoisotopic (exact) mass is 347 g/mol. The van der Waals surface area contributed by atoms with Crippen LogP contribution < -0.4 is 4.74 Å². The summed E-state index contributed by atoms with van der Waals surface area (Å²) >= 11 is 0. The highest BCUT2D eigenvalue weighted by Crippen LogP contribution is 2.28. The lowest BCUT2D eigenvalue weighted by Gasteiger charge is -2.42. The summed E-state index contributed by atoms with van der Waals surface area (Å²) in [6, 6.07) is 7.30. The van der Waals surface area contributed by atoms with Gasteiger partial charge in [-0.05, 0) is 38.6 Å². The number of nitrogens with zero attached hydrogens (tertiary/aromatic N) is 3. The molecule has 1 atom stereocenters. The Morgan fingerprint density at radius 1 is 1.16 bits per heavy atom. The molecule has 0 aliphatic carbocycles. The van der Waals surface area contributed by atoms with Crippen molar-refractivity contribution in [3.05, 3.63) is 29.8 Å². The van der Waals surface area contributed by atoms with Gasteiger partial charge in [0.15, 0.2) is 0 Å². The third kappa shape index (κ3) is 3.95. The molecule has 6 heteroatoms. The molecular formula is C19H29N3O3. The van der Waals surface area contributed by atoms with Crippen LogP contribution in [0.3, 0.4) is 0 Å². The molecule has 6 nitrogen and oxygen atoms in total. The van der Waals surface area contributed by atoms with Crippen molar-refractivity contribution in [1.29, 1.82) is 0 Å². The molecule has 1 aliphatic rings. The van der Waals surface area contributed by atoms with Crippen LogP contribution in [0.2, 0.25) is 0 Å². The number of carbonyl (C=O) groups is 2. The fourth-order valence-electron chi connectivity index (χ4n) is 3.15. The fourth-order valence-corrected chi connectivity index (χ4v) is 3.15. The molecular weight excluding hydrogens is 318 g/mol. The van der Waals surface area contributed by atoms with Crippen LogP contribution in [0.1, 0.15) is 19.4 Å². The van der Waals surface area contributed by atoms with Crippen molar-refractivity contribution >= 4 is 11.8 Å². The zero-order valence-electron chi connectivity index (χ0n) is 16.1. The summed E-state index contributed by atoms with van der Waals surface area (Å²) in [5.41, 5.74) is 0.279. The van der Waals surface area contributed by atoms with Gasteiger partial charge < -0.3 is 14.5 Å². The first-order valence-corrected chi connectivity index (χ1v) is 8.53. The van der Waals surface area contributed by atoms with Crippen molar-refractivity contribution in [2.24, 2.45) is 0 Å². The number of benzene rings is 1. The number of ether oxygens (including phenoxy) is 1. The van der Waals surface area contributed by atoms with E-state index in [1.807, 2.05) is 55.0 Å². The lowest BCUT2D eigenvalue weighted by atomic mass is 9.82. The molecule has 1 saturated heterocycles. The summed E-state index contributed by atoms with van der Waals surface area (Å²) in [6.07, 6.45) is 0. The van der Waals surface area contributed by atoms with Crippen LogP contribution in [0.25, 0.3) is 0 Å². The van der Waals surface area contributed by atoms with Crippen molar-refractivity contribution in [3.8, 4) is 5.75 Å². The van der Waals surface area contributed by atoms with E-state index in [-0.39, 0.29) is 17.9 Å².